The molecule has 110 valence electrons. The number of carbonyl (C=O) groups is 1. The minimum absolute atomic E-state index is 0.136. The van der Waals surface area contributed by atoms with E-state index in [4.69, 9.17) is 17.3 Å². The molecule has 0 aliphatic carbocycles. The molecular formula is C13H12ClIN4O2. The van der Waals surface area contributed by atoms with Crippen molar-refractivity contribution in [2.45, 2.75) is 13.5 Å². The first kappa shape index (κ1) is 15.8. The van der Waals surface area contributed by atoms with E-state index in [0.29, 0.717) is 25.7 Å². The lowest BCUT2D eigenvalue weighted by atomic mass is 10.3. The van der Waals surface area contributed by atoms with Crippen LogP contribution in [0, 0.1) is 10.5 Å². The van der Waals surface area contributed by atoms with Gasteiger partial charge in [-0.25, -0.2) is 4.98 Å². The Hall–Kier alpha value is -1.61. The minimum Gasteiger partial charge on any atom is -0.399 e. The molecule has 1 amide bonds. The van der Waals surface area contributed by atoms with Gasteiger partial charge in [0.05, 0.1) is 26.3 Å². The monoisotopic (exact) mass is 418 g/mol. The van der Waals surface area contributed by atoms with Crippen LogP contribution in [0.2, 0.25) is 5.02 Å². The zero-order valence-electron chi connectivity index (χ0n) is 11.1. The predicted octanol–water partition coefficient (Wildman–Crippen LogP) is 2.03. The van der Waals surface area contributed by atoms with Gasteiger partial charge < -0.3 is 11.1 Å². The summed E-state index contributed by atoms with van der Waals surface area (Å²) in [6.45, 7) is 1.60. The number of halogens is 2. The van der Waals surface area contributed by atoms with E-state index in [-0.39, 0.29) is 18.0 Å². The average molecular weight is 419 g/mol. The molecule has 2 aromatic rings. The van der Waals surface area contributed by atoms with Crippen molar-refractivity contribution in [1.29, 1.82) is 0 Å². The summed E-state index contributed by atoms with van der Waals surface area (Å²) in [5.74, 6) is -0.370. The third kappa shape index (κ3) is 3.73. The van der Waals surface area contributed by atoms with Crippen molar-refractivity contribution in [1.82, 2.24) is 9.55 Å². The fourth-order valence-corrected chi connectivity index (χ4v) is 2.32. The number of benzene rings is 1. The minimum atomic E-state index is -0.370. The first-order chi connectivity index (χ1) is 9.88. The molecule has 0 atom stereocenters. The van der Waals surface area contributed by atoms with Gasteiger partial charge >= 0.3 is 0 Å². The lowest BCUT2D eigenvalue weighted by Gasteiger charge is -2.09. The van der Waals surface area contributed by atoms with Crippen molar-refractivity contribution in [2.75, 3.05) is 11.1 Å². The van der Waals surface area contributed by atoms with Crippen molar-refractivity contribution in [3.05, 3.63) is 49.2 Å². The third-order valence-electron chi connectivity index (χ3n) is 2.74. The Bertz CT molecular complexity index is 760. The largest absolute Gasteiger partial charge is 0.399 e. The molecule has 0 saturated carbocycles. The molecule has 1 aromatic carbocycles. The Morgan fingerprint density at radius 3 is 2.90 bits per heavy atom. The smallest absolute Gasteiger partial charge is 0.267 e. The van der Waals surface area contributed by atoms with Gasteiger partial charge in [-0.15, -0.1) is 0 Å². The molecule has 3 N–H and O–H groups in total. The number of aromatic nitrogens is 2. The summed E-state index contributed by atoms with van der Waals surface area (Å²) in [7, 11) is 0. The molecule has 0 radical (unpaired) electrons. The standard InChI is InChI=1S/C13H12ClIN4O2/c1-7-12(15)13(21)19(6-17-7)5-11(20)18-10-3-2-8(16)4-9(10)14/h2-4,6H,5,16H2,1H3,(H,18,20). The lowest BCUT2D eigenvalue weighted by molar-refractivity contribution is -0.116. The maximum atomic E-state index is 12.0. The molecule has 2 rings (SSSR count). The number of carbonyl (C=O) groups excluding carboxylic acids is 1. The van der Waals surface area contributed by atoms with Crippen LogP contribution in [0.4, 0.5) is 11.4 Å². The fraction of sp³-hybridized carbons (Fsp3) is 0.154. The summed E-state index contributed by atoms with van der Waals surface area (Å²) >= 11 is 7.89. The maximum absolute atomic E-state index is 12.0. The van der Waals surface area contributed by atoms with E-state index in [1.54, 1.807) is 25.1 Å². The molecule has 0 unspecified atom stereocenters. The third-order valence-corrected chi connectivity index (χ3v) is 4.29. The van der Waals surface area contributed by atoms with Gasteiger partial charge in [0.1, 0.15) is 6.54 Å². The number of nitrogens with one attached hydrogen (secondary N) is 1. The number of nitrogen functional groups attached to an aromatic ring is 1. The highest BCUT2D eigenvalue weighted by molar-refractivity contribution is 14.1. The molecule has 21 heavy (non-hydrogen) atoms. The van der Waals surface area contributed by atoms with E-state index >= 15 is 0 Å². The van der Waals surface area contributed by atoms with Crippen LogP contribution in [0.5, 0.6) is 0 Å². The number of aryl methyl sites for hydroxylation is 1. The van der Waals surface area contributed by atoms with E-state index in [1.165, 1.54) is 10.9 Å². The van der Waals surface area contributed by atoms with Gasteiger partial charge in [-0.1, -0.05) is 11.6 Å². The quantitative estimate of drug-likeness (QED) is 0.589. The van der Waals surface area contributed by atoms with E-state index in [0.717, 1.165) is 0 Å². The number of amides is 1. The predicted molar refractivity (Wildman–Crippen MR) is 90.4 cm³/mol. The molecule has 1 aromatic heterocycles. The molecule has 8 heteroatoms. The lowest BCUT2D eigenvalue weighted by Crippen LogP contribution is -2.30. The van der Waals surface area contributed by atoms with Crippen LogP contribution in [-0.2, 0) is 11.3 Å². The van der Waals surface area contributed by atoms with Gasteiger partial charge in [0.2, 0.25) is 5.91 Å². The Morgan fingerprint density at radius 1 is 1.52 bits per heavy atom. The second-order valence-corrected chi connectivity index (χ2v) is 5.85. The Balaban J connectivity index is 2.16. The molecule has 0 aliphatic rings. The van der Waals surface area contributed by atoms with Gasteiger partial charge in [-0.3, -0.25) is 14.2 Å². The van der Waals surface area contributed by atoms with Crippen molar-refractivity contribution in [2.24, 2.45) is 0 Å². The summed E-state index contributed by atoms with van der Waals surface area (Å²) in [5, 5.41) is 2.97. The number of nitrogens with zero attached hydrogens (tertiary/aromatic N) is 2. The van der Waals surface area contributed by atoms with Crippen molar-refractivity contribution in [3.63, 3.8) is 0 Å². The highest BCUT2D eigenvalue weighted by Crippen LogP contribution is 2.23. The van der Waals surface area contributed by atoms with Crippen molar-refractivity contribution >= 4 is 51.5 Å². The molecule has 0 spiro atoms. The van der Waals surface area contributed by atoms with E-state index in [1.807, 2.05) is 22.6 Å². The first-order valence-electron chi connectivity index (χ1n) is 5.95. The molecule has 6 nitrogen and oxygen atoms in total. The second kappa shape index (κ2) is 6.44. The number of nitrogens with two attached hydrogens (primary N) is 1. The fourth-order valence-electron chi connectivity index (χ4n) is 1.64. The van der Waals surface area contributed by atoms with Crippen LogP contribution in [0.1, 0.15) is 5.69 Å². The summed E-state index contributed by atoms with van der Waals surface area (Å²) in [6.07, 6.45) is 1.35. The van der Waals surface area contributed by atoms with Crippen molar-refractivity contribution < 1.29 is 4.79 Å². The molecule has 0 fully saturated rings. The van der Waals surface area contributed by atoms with Gasteiger partial charge in [0, 0.05) is 5.69 Å². The van der Waals surface area contributed by atoms with Crippen LogP contribution >= 0.6 is 34.2 Å². The number of rotatable bonds is 3. The SMILES string of the molecule is Cc1ncn(CC(=O)Nc2ccc(N)cc2Cl)c(=O)c1I. The maximum Gasteiger partial charge on any atom is 0.267 e. The normalized spacial score (nSPS) is 10.4. The van der Waals surface area contributed by atoms with Crippen molar-refractivity contribution in [3.8, 4) is 0 Å². The van der Waals surface area contributed by atoms with Crippen LogP contribution in [0.25, 0.3) is 0 Å². The van der Waals surface area contributed by atoms with Gasteiger partial charge in [-0.05, 0) is 47.7 Å². The van der Waals surface area contributed by atoms with Crippen LogP contribution in [-0.4, -0.2) is 15.5 Å². The Kier molecular flexibility index (Phi) is 4.84. The van der Waals surface area contributed by atoms with E-state index in [2.05, 4.69) is 10.3 Å². The number of anilines is 2. The highest BCUT2D eigenvalue weighted by atomic mass is 127. The topological polar surface area (TPSA) is 90.0 Å². The summed E-state index contributed by atoms with van der Waals surface area (Å²) in [4.78, 5) is 28.0. The Labute approximate surface area is 139 Å². The van der Waals surface area contributed by atoms with Gasteiger partial charge in [-0.2, -0.15) is 0 Å². The van der Waals surface area contributed by atoms with Gasteiger partial charge in [0.25, 0.3) is 5.56 Å². The van der Waals surface area contributed by atoms with Crippen LogP contribution < -0.4 is 16.6 Å². The van der Waals surface area contributed by atoms with E-state index < -0.39 is 0 Å². The average Bonchev–Trinajstić information content (AvgIpc) is 2.43. The highest BCUT2D eigenvalue weighted by Gasteiger charge is 2.10. The zero-order valence-corrected chi connectivity index (χ0v) is 14.0. The van der Waals surface area contributed by atoms with Gasteiger partial charge in [0.15, 0.2) is 0 Å². The zero-order chi connectivity index (χ0) is 15.6. The van der Waals surface area contributed by atoms with E-state index in [9.17, 15) is 9.59 Å². The second-order valence-electron chi connectivity index (χ2n) is 4.36. The number of hydrogen-bond donors (Lipinski definition) is 2. The molecule has 0 saturated heterocycles. The first-order valence-corrected chi connectivity index (χ1v) is 7.40. The molecule has 0 bridgehead atoms. The molecular weight excluding hydrogens is 407 g/mol. The molecule has 1 heterocycles. The summed E-state index contributed by atoms with van der Waals surface area (Å²) in [5.41, 5.74) is 6.92. The Morgan fingerprint density at radius 2 is 2.24 bits per heavy atom. The summed E-state index contributed by atoms with van der Waals surface area (Å²) < 4.78 is 1.74. The number of hydrogen-bond acceptors (Lipinski definition) is 4. The van der Waals surface area contributed by atoms with Crippen LogP contribution in [0.3, 0.4) is 0 Å². The molecule has 0 aliphatic heterocycles. The van der Waals surface area contributed by atoms with Crippen LogP contribution in [0.15, 0.2) is 29.3 Å². The summed E-state index contributed by atoms with van der Waals surface area (Å²) in [6, 6.07) is 4.78.